The van der Waals surface area contributed by atoms with Crippen LogP contribution in [0.3, 0.4) is 0 Å². The van der Waals surface area contributed by atoms with Gasteiger partial charge in [0.15, 0.2) is 0 Å². The Morgan fingerprint density at radius 1 is 1.47 bits per heavy atom. The molecule has 1 aromatic rings. The summed E-state index contributed by atoms with van der Waals surface area (Å²) in [7, 11) is 0. The highest BCUT2D eigenvalue weighted by molar-refractivity contribution is 6.32. The number of hydrogen-bond donors (Lipinski definition) is 1. The van der Waals surface area contributed by atoms with Gasteiger partial charge >= 0.3 is 0 Å². The van der Waals surface area contributed by atoms with E-state index in [1.165, 1.54) is 6.08 Å². The maximum atomic E-state index is 11.2. The van der Waals surface area contributed by atoms with Crippen LogP contribution in [0.4, 0.5) is 0 Å². The maximum Gasteiger partial charge on any atom is 0.243 e. The Morgan fingerprint density at radius 2 is 2.20 bits per heavy atom. The predicted molar refractivity (Wildman–Crippen MR) is 63.8 cm³/mol. The number of nitrogens with one attached hydrogen (secondary N) is 1. The minimum absolute atomic E-state index is 0.0863. The molecule has 2 nitrogen and oxygen atoms in total. The summed E-state index contributed by atoms with van der Waals surface area (Å²) in [5, 5.41) is 3.40. The van der Waals surface area contributed by atoms with Gasteiger partial charge in [0.25, 0.3) is 0 Å². The molecule has 0 atom stereocenters. The van der Waals surface area contributed by atoms with E-state index in [0.717, 1.165) is 12.0 Å². The predicted octanol–water partition coefficient (Wildman–Crippen LogP) is 2.88. The Hall–Kier alpha value is -1.28. The lowest BCUT2D eigenvalue weighted by Crippen LogP contribution is -2.21. The third-order valence-corrected chi connectivity index (χ3v) is 2.21. The van der Waals surface area contributed by atoms with Gasteiger partial charge < -0.3 is 5.32 Å². The Morgan fingerprint density at radius 3 is 2.87 bits per heavy atom. The quantitative estimate of drug-likeness (QED) is 0.782. The summed E-state index contributed by atoms with van der Waals surface area (Å²) in [5.41, 5.74) is 0.853. The van der Waals surface area contributed by atoms with Gasteiger partial charge in [0.05, 0.1) is 0 Å². The lowest BCUT2D eigenvalue weighted by Gasteiger charge is -1.98. The molecule has 0 heterocycles. The highest BCUT2D eigenvalue weighted by atomic mass is 35.5. The molecule has 1 amide bonds. The van der Waals surface area contributed by atoms with Gasteiger partial charge in [-0.3, -0.25) is 4.79 Å². The van der Waals surface area contributed by atoms with Gasteiger partial charge in [-0.15, -0.1) is 0 Å². The van der Waals surface area contributed by atoms with Gasteiger partial charge in [0.2, 0.25) is 5.91 Å². The Balaban J connectivity index is 2.58. The molecule has 0 unspecified atom stereocenters. The van der Waals surface area contributed by atoms with Gasteiger partial charge in [0, 0.05) is 17.6 Å². The normalized spacial score (nSPS) is 10.5. The second-order valence-electron chi connectivity index (χ2n) is 3.15. The summed E-state index contributed by atoms with van der Waals surface area (Å²) in [5.74, 6) is -0.0863. The lowest BCUT2D eigenvalue weighted by molar-refractivity contribution is -0.116. The number of halogens is 1. The summed E-state index contributed by atoms with van der Waals surface area (Å²) in [4.78, 5) is 11.2. The molecule has 0 saturated carbocycles. The molecule has 0 aliphatic rings. The van der Waals surface area contributed by atoms with Crippen molar-refractivity contribution < 1.29 is 4.79 Å². The third kappa shape index (κ3) is 4.17. The van der Waals surface area contributed by atoms with Crippen molar-refractivity contribution in [1.29, 1.82) is 0 Å². The molecular formula is C12H14ClNO. The summed E-state index contributed by atoms with van der Waals surface area (Å²) in [6.45, 7) is 2.71. The lowest BCUT2D eigenvalue weighted by atomic mass is 10.2. The minimum atomic E-state index is -0.0863. The van der Waals surface area contributed by atoms with E-state index in [9.17, 15) is 4.79 Å². The standard InChI is InChI=1S/C12H14ClNO/c1-2-9-14-12(15)8-7-10-5-3-4-6-11(10)13/h3-8H,2,9H2,1H3,(H,14,15)/b8-7+. The highest BCUT2D eigenvalue weighted by Crippen LogP contribution is 2.15. The van der Waals surface area contributed by atoms with Crippen molar-refractivity contribution in [3.63, 3.8) is 0 Å². The molecule has 3 heteroatoms. The number of hydrogen-bond acceptors (Lipinski definition) is 1. The van der Waals surface area contributed by atoms with Crippen molar-refractivity contribution >= 4 is 23.6 Å². The maximum absolute atomic E-state index is 11.2. The first-order valence-electron chi connectivity index (χ1n) is 4.94. The van der Waals surface area contributed by atoms with Gasteiger partial charge in [-0.25, -0.2) is 0 Å². The number of rotatable bonds is 4. The second-order valence-corrected chi connectivity index (χ2v) is 3.55. The molecule has 0 fully saturated rings. The number of benzene rings is 1. The Kier molecular flexibility index (Phi) is 4.91. The van der Waals surface area contributed by atoms with Crippen LogP contribution in [0.25, 0.3) is 6.08 Å². The first kappa shape index (κ1) is 11.8. The SMILES string of the molecule is CCCNC(=O)/C=C/c1ccccc1Cl. The molecule has 0 spiro atoms. The van der Waals surface area contributed by atoms with E-state index in [4.69, 9.17) is 11.6 Å². The van der Waals surface area contributed by atoms with E-state index in [1.54, 1.807) is 12.1 Å². The van der Waals surface area contributed by atoms with Gasteiger partial charge in [-0.1, -0.05) is 36.7 Å². The van der Waals surface area contributed by atoms with Crippen LogP contribution in [0, 0.1) is 0 Å². The average Bonchev–Trinajstić information content (AvgIpc) is 2.25. The number of carbonyl (C=O) groups excluding carboxylic acids is 1. The van der Waals surface area contributed by atoms with Gasteiger partial charge in [0.1, 0.15) is 0 Å². The smallest absolute Gasteiger partial charge is 0.243 e. The van der Waals surface area contributed by atoms with E-state index in [1.807, 2.05) is 25.1 Å². The Bertz CT molecular complexity index is 360. The molecule has 1 rings (SSSR count). The van der Waals surface area contributed by atoms with Crippen LogP contribution in [0.1, 0.15) is 18.9 Å². The molecule has 0 saturated heterocycles. The zero-order valence-electron chi connectivity index (χ0n) is 8.66. The zero-order chi connectivity index (χ0) is 11.1. The third-order valence-electron chi connectivity index (χ3n) is 1.87. The second kappa shape index (κ2) is 6.25. The number of carbonyl (C=O) groups is 1. The van der Waals surface area contributed by atoms with E-state index in [2.05, 4.69) is 5.32 Å². The van der Waals surface area contributed by atoms with E-state index in [-0.39, 0.29) is 5.91 Å². The van der Waals surface area contributed by atoms with E-state index >= 15 is 0 Å². The van der Waals surface area contributed by atoms with Gasteiger partial charge in [-0.05, 0) is 24.1 Å². The van der Waals surface area contributed by atoms with Crippen molar-refractivity contribution in [2.24, 2.45) is 0 Å². The summed E-state index contributed by atoms with van der Waals surface area (Å²) >= 11 is 5.93. The summed E-state index contributed by atoms with van der Waals surface area (Å²) in [6, 6.07) is 7.41. The van der Waals surface area contributed by atoms with Crippen LogP contribution >= 0.6 is 11.6 Å². The van der Waals surface area contributed by atoms with Crippen LogP contribution in [-0.4, -0.2) is 12.5 Å². The molecular weight excluding hydrogens is 210 g/mol. The summed E-state index contributed by atoms with van der Waals surface area (Å²) in [6.07, 6.45) is 4.15. The van der Waals surface area contributed by atoms with Crippen molar-refractivity contribution in [3.05, 3.63) is 40.9 Å². The van der Waals surface area contributed by atoms with E-state index in [0.29, 0.717) is 11.6 Å². The minimum Gasteiger partial charge on any atom is -0.353 e. The van der Waals surface area contributed by atoms with Crippen molar-refractivity contribution in [1.82, 2.24) is 5.32 Å². The number of amides is 1. The van der Waals surface area contributed by atoms with E-state index < -0.39 is 0 Å². The fourth-order valence-electron chi connectivity index (χ4n) is 1.08. The molecule has 80 valence electrons. The molecule has 0 aromatic heterocycles. The fraction of sp³-hybridized carbons (Fsp3) is 0.250. The molecule has 0 aliphatic heterocycles. The molecule has 1 aromatic carbocycles. The van der Waals surface area contributed by atoms with Crippen LogP contribution in [0.5, 0.6) is 0 Å². The van der Waals surface area contributed by atoms with Gasteiger partial charge in [-0.2, -0.15) is 0 Å². The highest BCUT2D eigenvalue weighted by Gasteiger charge is 1.95. The largest absolute Gasteiger partial charge is 0.353 e. The fourth-order valence-corrected chi connectivity index (χ4v) is 1.28. The monoisotopic (exact) mass is 223 g/mol. The molecule has 15 heavy (non-hydrogen) atoms. The topological polar surface area (TPSA) is 29.1 Å². The van der Waals surface area contributed by atoms with Crippen molar-refractivity contribution in [2.75, 3.05) is 6.54 Å². The Labute approximate surface area is 94.9 Å². The average molecular weight is 224 g/mol. The molecule has 1 N–H and O–H groups in total. The molecule has 0 bridgehead atoms. The first-order valence-corrected chi connectivity index (χ1v) is 5.32. The van der Waals surface area contributed by atoms with Crippen LogP contribution in [-0.2, 0) is 4.79 Å². The van der Waals surface area contributed by atoms with Crippen molar-refractivity contribution in [2.45, 2.75) is 13.3 Å². The molecule has 0 radical (unpaired) electrons. The summed E-state index contributed by atoms with van der Waals surface area (Å²) < 4.78 is 0. The van der Waals surface area contributed by atoms with Crippen LogP contribution < -0.4 is 5.32 Å². The van der Waals surface area contributed by atoms with Crippen molar-refractivity contribution in [3.8, 4) is 0 Å². The first-order chi connectivity index (χ1) is 7.24. The van der Waals surface area contributed by atoms with Crippen LogP contribution in [0.2, 0.25) is 5.02 Å². The molecule has 0 aliphatic carbocycles. The zero-order valence-corrected chi connectivity index (χ0v) is 9.42. The van der Waals surface area contributed by atoms with Crippen LogP contribution in [0.15, 0.2) is 30.3 Å².